The fraction of sp³-hybridized carbons (Fsp3) is 0.200. The lowest BCUT2D eigenvalue weighted by atomic mass is 10.1. The summed E-state index contributed by atoms with van der Waals surface area (Å²) in [7, 11) is 0. The molecule has 0 spiro atoms. The van der Waals surface area contributed by atoms with Gasteiger partial charge in [0.2, 0.25) is 11.8 Å². The van der Waals surface area contributed by atoms with Gasteiger partial charge < -0.3 is 15.0 Å². The summed E-state index contributed by atoms with van der Waals surface area (Å²) >= 11 is 0. The zero-order valence-corrected chi connectivity index (χ0v) is 17.4. The molecule has 0 saturated carbocycles. The molecule has 1 N–H and O–H groups in total. The average molecular weight is 418 g/mol. The Balaban J connectivity index is 1.38. The van der Waals surface area contributed by atoms with E-state index in [1.807, 2.05) is 32.0 Å². The molecule has 0 aliphatic carbocycles. The lowest BCUT2D eigenvalue weighted by molar-refractivity contribution is -0.122. The second-order valence-electron chi connectivity index (χ2n) is 7.70. The van der Waals surface area contributed by atoms with Crippen LogP contribution >= 0.6 is 0 Å². The molecule has 1 heterocycles. The zero-order chi connectivity index (χ0) is 22.0. The van der Waals surface area contributed by atoms with Crippen molar-refractivity contribution in [2.75, 3.05) is 16.8 Å². The van der Waals surface area contributed by atoms with Gasteiger partial charge in [-0.05, 0) is 79.6 Å². The van der Waals surface area contributed by atoms with E-state index in [4.69, 9.17) is 4.74 Å². The molecule has 1 fully saturated rings. The Morgan fingerprint density at radius 1 is 1.03 bits per heavy atom. The standard InChI is InChI=1S/C25H23FN2O3/c1-16-4-3-5-23(17(16)2)31-22-12-8-20(9-13-22)27-25(30)18-14-24(29)28(15-18)21-10-6-19(26)7-11-21/h3-13,18H,14-15H2,1-2H3,(H,27,30)/t18-/m1/s1. The number of benzene rings is 3. The maximum absolute atomic E-state index is 13.1. The number of halogens is 1. The van der Waals surface area contributed by atoms with Crippen molar-refractivity contribution < 1.29 is 18.7 Å². The van der Waals surface area contributed by atoms with Crippen molar-refractivity contribution in [1.82, 2.24) is 0 Å². The Morgan fingerprint density at radius 2 is 1.74 bits per heavy atom. The molecule has 31 heavy (non-hydrogen) atoms. The van der Waals surface area contributed by atoms with E-state index in [2.05, 4.69) is 5.32 Å². The van der Waals surface area contributed by atoms with E-state index in [-0.39, 0.29) is 30.6 Å². The minimum absolute atomic E-state index is 0.122. The summed E-state index contributed by atoms with van der Waals surface area (Å²) in [6, 6.07) is 18.7. The van der Waals surface area contributed by atoms with Gasteiger partial charge in [-0.2, -0.15) is 0 Å². The van der Waals surface area contributed by atoms with Gasteiger partial charge in [-0.3, -0.25) is 9.59 Å². The molecule has 0 bridgehead atoms. The number of amides is 2. The van der Waals surface area contributed by atoms with E-state index in [0.29, 0.717) is 17.1 Å². The number of nitrogens with one attached hydrogen (secondary N) is 1. The molecular weight excluding hydrogens is 395 g/mol. The molecule has 1 saturated heterocycles. The summed E-state index contributed by atoms with van der Waals surface area (Å²) in [5.41, 5.74) is 3.46. The Hall–Kier alpha value is -3.67. The van der Waals surface area contributed by atoms with Crippen molar-refractivity contribution in [3.63, 3.8) is 0 Å². The van der Waals surface area contributed by atoms with Crippen molar-refractivity contribution in [3.8, 4) is 11.5 Å². The van der Waals surface area contributed by atoms with E-state index >= 15 is 0 Å². The Morgan fingerprint density at radius 3 is 2.45 bits per heavy atom. The van der Waals surface area contributed by atoms with Gasteiger partial charge in [0.1, 0.15) is 17.3 Å². The summed E-state index contributed by atoms with van der Waals surface area (Å²) in [5.74, 6) is 0.260. The van der Waals surface area contributed by atoms with E-state index in [1.165, 1.54) is 17.0 Å². The number of aryl methyl sites for hydroxylation is 1. The molecule has 1 aliphatic heterocycles. The molecule has 1 aliphatic rings. The normalized spacial score (nSPS) is 15.8. The highest BCUT2D eigenvalue weighted by atomic mass is 19.1. The van der Waals surface area contributed by atoms with Crippen LogP contribution in [0.2, 0.25) is 0 Å². The smallest absolute Gasteiger partial charge is 0.229 e. The van der Waals surface area contributed by atoms with Crippen LogP contribution in [0.15, 0.2) is 66.7 Å². The van der Waals surface area contributed by atoms with Crippen LogP contribution in [-0.4, -0.2) is 18.4 Å². The molecular formula is C25H23FN2O3. The summed E-state index contributed by atoms with van der Waals surface area (Å²) in [6.45, 7) is 4.31. The summed E-state index contributed by atoms with van der Waals surface area (Å²) in [6.07, 6.45) is 0.122. The third-order valence-corrected chi connectivity index (χ3v) is 5.54. The maximum Gasteiger partial charge on any atom is 0.229 e. The van der Waals surface area contributed by atoms with Crippen LogP contribution in [0.5, 0.6) is 11.5 Å². The van der Waals surface area contributed by atoms with Crippen LogP contribution in [0.25, 0.3) is 0 Å². The molecule has 158 valence electrons. The maximum atomic E-state index is 13.1. The molecule has 1 atom stereocenters. The number of anilines is 2. The van der Waals surface area contributed by atoms with Crippen LogP contribution in [0.1, 0.15) is 17.5 Å². The molecule has 0 unspecified atom stereocenters. The van der Waals surface area contributed by atoms with Gasteiger partial charge in [-0.25, -0.2) is 4.39 Å². The van der Waals surface area contributed by atoms with Gasteiger partial charge in [0.25, 0.3) is 0 Å². The van der Waals surface area contributed by atoms with Crippen LogP contribution in [0.4, 0.5) is 15.8 Å². The van der Waals surface area contributed by atoms with E-state index in [1.54, 1.807) is 36.4 Å². The lowest BCUT2D eigenvalue weighted by Gasteiger charge is -2.16. The fourth-order valence-corrected chi connectivity index (χ4v) is 3.57. The van der Waals surface area contributed by atoms with Crippen LogP contribution in [-0.2, 0) is 9.59 Å². The molecule has 0 aromatic heterocycles. The molecule has 3 aromatic rings. The quantitative estimate of drug-likeness (QED) is 0.618. The minimum Gasteiger partial charge on any atom is -0.457 e. The minimum atomic E-state index is -0.469. The van der Waals surface area contributed by atoms with Crippen molar-refractivity contribution in [3.05, 3.63) is 83.7 Å². The summed E-state index contributed by atoms with van der Waals surface area (Å²) in [5, 5.41) is 2.86. The lowest BCUT2D eigenvalue weighted by Crippen LogP contribution is -2.28. The van der Waals surface area contributed by atoms with Crippen LogP contribution in [0.3, 0.4) is 0 Å². The second kappa shape index (κ2) is 8.60. The molecule has 3 aromatic carbocycles. The van der Waals surface area contributed by atoms with E-state index < -0.39 is 5.92 Å². The molecule has 0 radical (unpaired) electrons. The Kier molecular flexibility index (Phi) is 5.71. The van der Waals surface area contributed by atoms with Gasteiger partial charge in [0, 0.05) is 24.3 Å². The highest BCUT2D eigenvalue weighted by Crippen LogP contribution is 2.29. The first-order chi connectivity index (χ1) is 14.9. The number of ether oxygens (including phenoxy) is 1. The monoisotopic (exact) mass is 418 g/mol. The first-order valence-electron chi connectivity index (χ1n) is 10.1. The van der Waals surface area contributed by atoms with Crippen molar-refractivity contribution in [2.24, 2.45) is 5.92 Å². The van der Waals surface area contributed by atoms with E-state index in [0.717, 1.165) is 16.9 Å². The Bertz CT molecular complexity index is 1110. The van der Waals surface area contributed by atoms with E-state index in [9.17, 15) is 14.0 Å². The molecule has 6 heteroatoms. The number of carbonyl (C=O) groups excluding carboxylic acids is 2. The first kappa shape index (κ1) is 20.6. The van der Waals surface area contributed by atoms with Gasteiger partial charge in [0.15, 0.2) is 0 Å². The average Bonchev–Trinajstić information content (AvgIpc) is 3.15. The molecule has 5 nitrogen and oxygen atoms in total. The number of hydrogen-bond acceptors (Lipinski definition) is 3. The second-order valence-corrected chi connectivity index (χ2v) is 7.70. The van der Waals surface area contributed by atoms with Gasteiger partial charge in [0.05, 0.1) is 5.92 Å². The van der Waals surface area contributed by atoms with Crippen molar-refractivity contribution in [1.29, 1.82) is 0 Å². The summed E-state index contributed by atoms with van der Waals surface area (Å²) < 4.78 is 19.1. The topological polar surface area (TPSA) is 58.6 Å². The van der Waals surface area contributed by atoms with Gasteiger partial charge in [-0.1, -0.05) is 12.1 Å². The van der Waals surface area contributed by atoms with Gasteiger partial charge in [-0.15, -0.1) is 0 Å². The number of rotatable bonds is 5. The van der Waals surface area contributed by atoms with Crippen molar-refractivity contribution >= 4 is 23.2 Å². The predicted molar refractivity (Wildman–Crippen MR) is 118 cm³/mol. The number of carbonyl (C=O) groups is 2. The largest absolute Gasteiger partial charge is 0.457 e. The zero-order valence-electron chi connectivity index (χ0n) is 17.4. The number of nitrogens with zero attached hydrogens (tertiary/aromatic N) is 1. The van der Waals surface area contributed by atoms with Crippen molar-refractivity contribution in [2.45, 2.75) is 20.3 Å². The fourth-order valence-electron chi connectivity index (χ4n) is 3.57. The number of hydrogen-bond donors (Lipinski definition) is 1. The first-order valence-corrected chi connectivity index (χ1v) is 10.1. The van der Waals surface area contributed by atoms with Crippen LogP contribution in [0, 0.1) is 25.6 Å². The third-order valence-electron chi connectivity index (χ3n) is 5.54. The highest BCUT2D eigenvalue weighted by Gasteiger charge is 2.35. The Labute approximate surface area is 180 Å². The predicted octanol–water partition coefficient (Wildman–Crippen LogP) is 5.23. The van der Waals surface area contributed by atoms with Gasteiger partial charge >= 0.3 is 0 Å². The molecule has 4 rings (SSSR count). The molecule has 2 amide bonds. The van der Waals surface area contributed by atoms with Crippen LogP contribution < -0.4 is 15.0 Å². The SMILES string of the molecule is Cc1cccc(Oc2ccc(NC(=O)[C@@H]3CC(=O)N(c4ccc(F)cc4)C3)cc2)c1C. The third kappa shape index (κ3) is 4.58. The summed E-state index contributed by atoms with van der Waals surface area (Å²) in [4.78, 5) is 26.5. The highest BCUT2D eigenvalue weighted by molar-refractivity contribution is 6.03.